The first-order valence-corrected chi connectivity index (χ1v) is 7.91. The van der Waals surface area contributed by atoms with E-state index in [4.69, 9.17) is 0 Å². The van der Waals surface area contributed by atoms with Gasteiger partial charge in [0.25, 0.3) is 10.9 Å². The molecule has 9 heteroatoms. The Morgan fingerprint density at radius 1 is 1.04 bits per heavy atom. The second-order valence-electron chi connectivity index (χ2n) is 5.95. The number of rotatable bonds is 6. The third kappa shape index (κ3) is 3.43. The van der Waals surface area contributed by atoms with Crippen molar-refractivity contribution in [2.24, 2.45) is 0 Å². The van der Waals surface area contributed by atoms with Crippen LogP contribution in [-0.4, -0.2) is 15.1 Å². The van der Waals surface area contributed by atoms with E-state index in [0.29, 0.717) is 5.56 Å². The van der Waals surface area contributed by atoms with Crippen molar-refractivity contribution in [3.8, 4) is 11.5 Å². The van der Waals surface area contributed by atoms with Crippen molar-refractivity contribution in [3.05, 3.63) is 78.6 Å². The van der Waals surface area contributed by atoms with Gasteiger partial charge >= 0.3 is 5.69 Å². The van der Waals surface area contributed by atoms with E-state index in [2.05, 4.69) is 10.6 Å². The molecule has 0 saturated carbocycles. The van der Waals surface area contributed by atoms with Crippen molar-refractivity contribution in [1.29, 1.82) is 0 Å². The average Bonchev–Trinajstić information content (AvgIpc) is 2.65. The van der Waals surface area contributed by atoms with Crippen LogP contribution in [0.4, 0.5) is 22.7 Å². The Hall–Kier alpha value is -3.88. The highest BCUT2D eigenvalue weighted by molar-refractivity contribution is 5.79. The molecular weight excluding hydrogens is 354 g/mol. The topological polar surface area (TPSA) is 142 Å². The van der Waals surface area contributed by atoms with Crippen LogP contribution in [0.15, 0.2) is 52.1 Å². The fourth-order valence-corrected chi connectivity index (χ4v) is 2.63. The number of nitro groups is 1. The van der Waals surface area contributed by atoms with Crippen molar-refractivity contribution in [1.82, 2.24) is 0 Å². The number of phenolic OH excluding ortho intramolecular Hbond substituents is 2. The Morgan fingerprint density at radius 3 is 2.41 bits per heavy atom. The number of hydrogen-bond acceptors (Lipinski definition) is 8. The summed E-state index contributed by atoms with van der Waals surface area (Å²) >= 11 is 0. The first-order chi connectivity index (χ1) is 12.8. The predicted molar refractivity (Wildman–Crippen MR) is 99.5 cm³/mol. The molecule has 0 bridgehead atoms. The van der Waals surface area contributed by atoms with Crippen LogP contribution in [0.2, 0.25) is 0 Å². The maximum atomic E-state index is 11.9. The molecule has 3 rings (SSSR count). The van der Waals surface area contributed by atoms with Crippen LogP contribution in [0.5, 0.6) is 11.5 Å². The van der Waals surface area contributed by atoms with Crippen molar-refractivity contribution in [3.63, 3.8) is 0 Å². The van der Waals surface area contributed by atoms with E-state index in [1.807, 2.05) is 0 Å². The summed E-state index contributed by atoms with van der Waals surface area (Å²) < 4.78 is 0. The Morgan fingerprint density at radius 2 is 1.74 bits per heavy atom. The molecule has 0 aromatic heterocycles. The number of benzene rings is 2. The quantitative estimate of drug-likeness (QED) is 0.225. The Bertz CT molecular complexity index is 1100. The predicted octanol–water partition coefficient (Wildman–Crippen LogP) is 2.52. The van der Waals surface area contributed by atoms with Crippen LogP contribution in [-0.2, 0) is 0 Å². The van der Waals surface area contributed by atoms with Gasteiger partial charge in [0.15, 0.2) is 5.75 Å². The standard InChI is InChI=1S/C18H15N3O6/c1-9(10-3-2-4-12(22)7-10)19-15-16(18(25)17(15)24)20-11-5-6-14(23)13(8-11)21(26)27/h2-9,19-20,22-23H,1H3/t9-/m1/s1. The number of phenols is 2. The summed E-state index contributed by atoms with van der Waals surface area (Å²) in [7, 11) is 0. The zero-order valence-electron chi connectivity index (χ0n) is 14.1. The van der Waals surface area contributed by atoms with Crippen molar-refractivity contribution < 1.29 is 15.1 Å². The van der Waals surface area contributed by atoms with Crippen LogP contribution < -0.4 is 21.5 Å². The summed E-state index contributed by atoms with van der Waals surface area (Å²) in [4.78, 5) is 34.0. The molecule has 0 saturated heterocycles. The first kappa shape index (κ1) is 17.9. The molecule has 4 N–H and O–H groups in total. The van der Waals surface area contributed by atoms with E-state index in [1.165, 1.54) is 18.2 Å². The van der Waals surface area contributed by atoms with Gasteiger partial charge in [0.2, 0.25) is 0 Å². The van der Waals surface area contributed by atoms with Crippen LogP contribution in [0.3, 0.4) is 0 Å². The number of nitrogens with one attached hydrogen (secondary N) is 2. The second kappa shape index (κ2) is 6.79. The zero-order chi connectivity index (χ0) is 19.7. The molecule has 0 spiro atoms. The third-order valence-corrected chi connectivity index (χ3v) is 4.08. The lowest BCUT2D eigenvalue weighted by molar-refractivity contribution is -0.385. The Balaban J connectivity index is 1.86. The average molecular weight is 369 g/mol. The van der Waals surface area contributed by atoms with Gasteiger partial charge in [-0.1, -0.05) is 12.1 Å². The summed E-state index contributed by atoms with van der Waals surface area (Å²) in [6.45, 7) is 1.75. The minimum Gasteiger partial charge on any atom is -0.508 e. The normalized spacial score (nSPS) is 11.9. The van der Waals surface area contributed by atoms with E-state index >= 15 is 0 Å². The summed E-state index contributed by atoms with van der Waals surface area (Å²) in [6, 6.07) is 9.59. The molecule has 0 heterocycles. The van der Waals surface area contributed by atoms with Gasteiger partial charge in [0.1, 0.15) is 17.1 Å². The maximum absolute atomic E-state index is 11.9. The SMILES string of the molecule is C[C@@H](Nc1c(Nc2ccc(O)c([N+](=O)[O-])c2)c(=O)c1=O)c1cccc(O)c1. The van der Waals surface area contributed by atoms with E-state index < -0.39 is 27.2 Å². The number of nitro benzene ring substituents is 1. The largest absolute Gasteiger partial charge is 0.508 e. The minimum atomic E-state index is -0.758. The lowest BCUT2D eigenvalue weighted by Crippen LogP contribution is -2.37. The molecule has 0 aliphatic rings. The van der Waals surface area contributed by atoms with Crippen molar-refractivity contribution in [2.45, 2.75) is 13.0 Å². The van der Waals surface area contributed by atoms with Crippen LogP contribution >= 0.6 is 0 Å². The van der Waals surface area contributed by atoms with Gasteiger partial charge in [0.05, 0.1) is 4.92 Å². The molecular formula is C18H15N3O6. The zero-order valence-corrected chi connectivity index (χ0v) is 14.1. The molecule has 138 valence electrons. The van der Waals surface area contributed by atoms with Crippen LogP contribution in [0.25, 0.3) is 0 Å². The highest BCUT2D eigenvalue weighted by Crippen LogP contribution is 2.31. The molecule has 3 aromatic rings. The molecule has 0 unspecified atom stereocenters. The highest BCUT2D eigenvalue weighted by Gasteiger charge is 2.24. The fourth-order valence-electron chi connectivity index (χ4n) is 2.63. The van der Waals surface area contributed by atoms with E-state index in [1.54, 1.807) is 19.1 Å². The monoisotopic (exact) mass is 369 g/mol. The minimum absolute atomic E-state index is 0.0213. The lowest BCUT2D eigenvalue weighted by atomic mass is 10.1. The molecule has 1 atom stereocenters. The van der Waals surface area contributed by atoms with Crippen molar-refractivity contribution in [2.75, 3.05) is 10.6 Å². The molecule has 9 nitrogen and oxygen atoms in total. The summed E-state index contributed by atoms with van der Waals surface area (Å²) in [5, 5.41) is 35.5. The molecule has 0 amide bonds. The molecule has 0 radical (unpaired) electrons. The van der Waals surface area contributed by atoms with Gasteiger partial charge in [-0.2, -0.15) is 0 Å². The molecule has 27 heavy (non-hydrogen) atoms. The smallest absolute Gasteiger partial charge is 0.312 e. The molecule has 3 aromatic carbocycles. The van der Waals surface area contributed by atoms with E-state index in [-0.39, 0.29) is 28.9 Å². The van der Waals surface area contributed by atoms with Crippen LogP contribution in [0, 0.1) is 10.1 Å². The van der Waals surface area contributed by atoms with Gasteiger partial charge in [-0.3, -0.25) is 19.7 Å². The maximum Gasteiger partial charge on any atom is 0.312 e. The number of aromatic hydroxyl groups is 2. The number of nitrogens with zero attached hydrogens (tertiary/aromatic N) is 1. The van der Waals surface area contributed by atoms with Gasteiger partial charge in [0, 0.05) is 17.8 Å². The van der Waals surface area contributed by atoms with Crippen LogP contribution in [0.1, 0.15) is 18.5 Å². The third-order valence-electron chi connectivity index (χ3n) is 4.08. The van der Waals surface area contributed by atoms with E-state index in [0.717, 1.165) is 12.1 Å². The summed E-state index contributed by atoms with van der Waals surface area (Å²) in [5.41, 5.74) is -1.08. The number of hydrogen-bond donors (Lipinski definition) is 4. The molecule has 0 aliphatic carbocycles. The number of anilines is 3. The Kier molecular flexibility index (Phi) is 4.51. The van der Waals surface area contributed by atoms with E-state index in [9.17, 15) is 29.9 Å². The van der Waals surface area contributed by atoms with Gasteiger partial charge in [-0.25, -0.2) is 0 Å². The summed E-state index contributed by atoms with van der Waals surface area (Å²) in [5.74, 6) is -0.438. The summed E-state index contributed by atoms with van der Waals surface area (Å²) in [6.07, 6.45) is 0. The van der Waals surface area contributed by atoms with Crippen molar-refractivity contribution >= 4 is 22.7 Å². The first-order valence-electron chi connectivity index (χ1n) is 7.91. The molecule has 0 aliphatic heterocycles. The van der Waals surface area contributed by atoms with Gasteiger partial charge in [-0.15, -0.1) is 0 Å². The fraction of sp³-hybridized carbons (Fsp3) is 0.111. The molecule has 0 fully saturated rings. The highest BCUT2D eigenvalue weighted by atomic mass is 16.6. The second-order valence-corrected chi connectivity index (χ2v) is 5.95. The van der Waals surface area contributed by atoms with Gasteiger partial charge < -0.3 is 20.8 Å². The van der Waals surface area contributed by atoms with Gasteiger partial charge in [-0.05, 0) is 36.8 Å². The Labute approximate surface area is 152 Å². The lowest BCUT2D eigenvalue weighted by Gasteiger charge is -2.20.